The number of nitrogens with zero attached hydrogens (tertiary/aromatic N) is 5. The summed E-state index contributed by atoms with van der Waals surface area (Å²) in [5.41, 5.74) is 1.59. The van der Waals surface area contributed by atoms with Gasteiger partial charge in [0.25, 0.3) is 5.56 Å². The number of aryl methyl sites for hydroxylation is 1. The zero-order chi connectivity index (χ0) is 17.4. The number of anilines is 1. The first-order valence-corrected chi connectivity index (χ1v) is 8.55. The van der Waals surface area contributed by atoms with Crippen molar-refractivity contribution in [1.29, 1.82) is 0 Å². The van der Waals surface area contributed by atoms with Gasteiger partial charge in [-0.25, -0.2) is 9.98 Å². The summed E-state index contributed by atoms with van der Waals surface area (Å²) in [6.07, 6.45) is -0.396. The number of guanidine groups is 1. The second-order valence-electron chi connectivity index (χ2n) is 6.58. The highest BCUT2D eigenvalue weighted by molar-refractivity contribution is 5.93. The molecule has 2 aliphatic heterocycles. The van der Waals surface area contributed by atoms with Gasteiger partial charge >= 0.3 is 0 Å². The lowest BCUT2D eigenvalue weighted by molar-refractivity contribution is 0.213. The summed E-state index contributed by atoms with van der Waals surface area (Å²) in [6, 6.07) is 11.4. The minimum Gasteiger partial charge on any atom is -0.340 e. The Hall–Kier alpha value is -2.67. The molecule has 1 aromatic heterocycles. The normalized spacial score (nSPS) is 20.6. The largest absolute Gasteiger partial charge is 0.340 e. The van der Waals surface area contributed by atoms with Gasteiger partial charge < -0.3 is 9.80 Å². The number of likely N-dealkylation sites (N-methyl/N-ethyl adjacent to an activating group) is 1. The molecule has 1 atom stereocenters. The van der Waals surface area contributed by atoms with E-state index in [1.54, 1.807) is 10.6 Å². The van der Waals surface area contributed by atoms with Crippen molar-refractivity contribution in [3.05, 3.63) is 58.0 Å². The van der Waals surface area contributed by atoms with E-state index in [2.05, 4.69) is 27.1 Å². The molecule has 1 fully saturated rings. The van der Waals surface area contributed by atoms with Crippen LogP contribution in [0.4, 0.5) is 5.95 Å². The van der Waals surface area contributed by atoms with E-state index in [1.165, 1.54) is 0 Å². The van der Waals surface area contributed by atoms with Crippen molar-refractivity contribution in [2.24, 2.45) is 4.99 Å². The summed E-state index contributed by atoms with van der Waals surface area (Å²) < 4.78 is 1.63. The molecule has 0 radical (unpaired) electrons. The summed E-state index contributed by atoms with van der Waals surface area (Å²) >= 11 is 0. The number of nitrogens with one attached hydrogen (secondary N) is 1. The molecule has 0 aliphatic carbocycles. The molecule has 3 heterocycles. The van der Waals surface area contributed by atoms with E-state index in [9.17, 15) is 4.79 Å². The Morgan fingerprint density at radius 1 is 1.12 bits per heavy atom. The van der Waals surface area contributed by atoms with Crippen LogP contribution in [0.2, 0.25) is 0 Å². The van der Waals surface area contributed by atoms with Crippen LogP contribution in [0.15, 0.2) is 46.2 Å². The predicted octanol–water partition coefficient (Wildman–Crippen LogP) is 1.13. The summed E-state index contributed by atoms with van der Waals surface area (Å²) in [7, 11) is 2.12. The zero-order valence-electron chi connectivity index (χ0n) is 14.5. The molecule has 7 heteroatoms. The van der Waals surface area contributed by atoms with Gasteiger partial charge in [-0.15, -0.1) is 0 Å². The monoisotopic (exact) mass is 338 g/mol. The van der Waals surface area contributed by atoms with E-state index < -0.39 is 6.17 Å². The molecule has 2 aromatic rings. The molecule has 7 nitrogen and oxygen atoms in total. The molecule has 0 spiro atoms. The topological polar surface area (TPSA) is 65.8 Å². The van der Waals surface area contributed by atoms with Gasteiger partial charge in [-0.2, -0.15) is 0 Å². The van der Waals surface area contributed by atoms with Crippen molar-refractivity contribution in [1.82, 2.24) is 19.4 Å². The van der Waals surface area contributed by atoms with Gasteiger partial charge in [0, 0.05) is 37.9 Å². The van der Waals surface area contributed by atoms with Crippen molar-refractivity contribution in [3.63, 3.8) is 0 Å². The van der Waals surface area contributed by atoms with E-state index in [0.717, 1.165) is 37.7 Å². The fraction of sp³-hybridized carbons (Fsp3) is 0.389. The third-order valence-corrected chi connectivity index (χ3v) is 4.69. The summed E-state index contributed by atoms with van der Waals surface area (Å²) in [5, 5.41) is 3.27. The highest BCUT2D eigenvalue weighted by Gasteiger charge is 2.28. The van der Waals surface area contributed by atoms with Gasteiger partial charge in [-0.05, 0) is 19.5 Å². The first-order valence-electron chi connectivity index (χ1n) is 8.55. The first kappa shape index (κ1) is 15.8. The summed E-state index contributed by atoms with van der Waals surface area (Å²) in [6.45, 7) is 5.62. The molecular formula is C18H22N6O. The highest BCUT2D eigenvalue weighted by atomic mass is 16.1. The van der Waals surface area contributed by atoms with Gasteiger partial charge in [-0.1, -0.05) is 30.3 Å². The minimum absolute atomic E-state index is 0.0926. The van der Waals surface area contributed by atoms with Gasteiger partial charge in [0.2, 0.25) is 11.9 Å². The molecule has 0 amide bonds. The lowest BCUT2D eigenvalue weighted by atomic mass is 10.1. The quantitative estimate of drug-likeness (QED) is 0.844. The van der Waals surface area contributed by atoms with Crippen LogP contribution in [0.3, 0.4) is 0 Å². The number of benzene rings is 1. The van der Waals surface area contributed by atoms with Crippen molar-refractivity contribution in [3.8, 4) is 0 Å². The van der Waals surface area contributed by atoms with Gasteiger partial charge in [0.1, 0.15) is 0 Å². The van der Waals surface area contributed by atoms with Crippen molar-refractivity contribution >= 4 is 11.9 Å². The highest BCUT2D eigenvalue weighted by Crippen LogP contribution is 2.26. The maximum absolute atomic E-state index is 12.6. The maximum atomic E-state index is 12.6. The maximum Gasteiger partial charge on any atom is 0.257 e. The molecule has 0 unspecified atom stereocenters. The van der Waals surface area contributed by atoms with E-state index in [0.29, 0.717) is 11.6 Å². The molecule has 130 valence electrons. The Bertz CT molecular complexity index is 852. The van der Waals surface area contributed by atoms with E-state index >= 15 is 0 Å². The van der Waals surface area contributed by atoms with Crippen LogP contribution in [0.5, 0.6) is 0 Å². The fourth-order valence-electron chi connectivity index (χ4n) is 3.26. The second-order valence-corrected chi connectivity index (χ2v) is 6.58. The third kappa shape index (κ3) is 3.02. The van der Waals surface area contributed by atoms with E-state index in [-0.39, 0.29) is 5.56 Å². The molecule has 25 heavy (non-hydrogen) atoms. The first-order chi connectivity index (χ1) is 12.1. The molecule has 1 saturated heterocycles. The molecule has 1 N–H and O–H groups in total. The molecule has 1 aromatic carbocycles. The minimum atomic E-state index is -0.396. The fourth-order valence-corrected chi connectivity index (χ4v) is 3.26. The number of hydrogen-bond donors (Lipinski definition) is 1. The van der Waals surface area contributed by atoms with Crippen molar-refractivity contribution in [2.75, 3.05) is 38.5 Å². The molecule has 0 bridgehead atoms. The second kappa shape index (κ2) is 6.33. The summed E-state index contributed by atoms with van der Waals surface area (Å²) in [5.74, 6) is 1.35. The average molecular weight is 338 g/mol. The third-order valence-electron chi connectivity index (χ3n) is 4.69. The van der Waals surface area contributed by atoms with Crippen molar-refractivity contribution in [2.45, 2.75) is 13.1 Å². The van der Waals surface area contributed by atoms with Crippen LogP contribution >= 0.6 is 0 Å². The Morgan fingerprint density at radius 3 is 2.56 bits per heavy atom. The van der Waals surface area contributed by atoms with E-state index in [1.807, 2.05) is 37.3 Å². The predicted molar refractivity (Wildman–Crippen MR) is 97.9 cm³/mol. The average Bonchev–Trinajstić information content (AvgIpc) is 2.62. The lowest BCUT2D eigenvalue weighted by Gasteiger charge is -2.37. The van der Waals surface area contributed by atoms with Crippen LogP contribution in [0, 0.1) is 6.92 Å². The van der Waals surface area contributed by atoms with E-state index in [4.69, 9.17) is 4.99 Å². The van der Waals surface area contributed by atoms with Crippen LogP contribution in [0.1, 0.15) is 17.4 Å². The standard InChI is InChI=1S/C18H22N6O/c1-13-12-15(25)24-16(14-6-4-3-5-7-14)20-17(21-18(24)19-13)23-10-8-22(2)9-11-23/h3-7,12,16H,8-11H2,1-2H3,(H,19,20,21)/t16-/m1/s1. The smallest absolute Gasteiger partial charge is 0.257 e. The van der Waals surface area contributed by atoms with Crippen LogP contribution in [-0.2, 0) is 0 Å². The lowest BCUT2D eigenvalue weighted by Crippen LogP contribution is -2.51. The Kier molecular flexibility index (Phi) is 4.01. The number of aliphatic imine (C=N–C) groups is 1. The zero-order valence-corrected chi connectivity index (χ0v) is 14.5. The number of rotatable bonds is 1. The Morgan fingerprint density at radius 2 is 1.84 bits per heavy atom. The van der Waals surface area contributed by atoms with Gasteiger partial charge in [0.15, 0.2) is 6.17 Å². The number of piperazine rings is 1. The van der Waals surface area contributed by atoms with Crippen LogP contribution in [-0.4, -0.2) is 58.5 Å². The van der Waals surface area contributed by atoms with Crippen LogP contribution in [0.25, 0.3) is 0 Å². The Balaban J connectivity index is 1.78. The number of fused-ring (bicyclic) bond motifs is 1. The SMILES string of the molecule is Cc1cc(=O)n2c(n1)NC(N1CCN(C)CC1)=N[C@H]2c1ccccc1. The molecule has 2 aliphatic rings. The van der Waals surface area contributed by atoms with Gasteiger partial charge in [0.05, 0.1) is 0 Å². The molecule has 4 rings (SSSR count). The van der Waals surface area contributed by atoms with Crippen LogP contribution < -0.4 is 10.9 Å². The summed E-state index contributed by atoms with van der Waals surface area (Å²) in [4.78, 5) is 26.5. The van der Waals surface area contributed by atoms with Crippen molar-refractivity contribution < 1.29 is 0 Å². The number of hydrogen-bond acceptors (Lipinski definition) is 6. The molecule has 0 saturated carbocycles. The van der Waals surface area contributed by atoms with Gasteiger partial charge in [-0.3, -0.25) is 14.7 Å². The molecular weight excluding hydrogens is 316 g/mol. The Labute approximate surface area is 146 Å². The number of aromatic nitrogens is 2.